The molecule has 0 aromatic carbocycles. The van der Waals surface area contributed by atoms with Gasteiger partial charge in [-0.2, -0.15) is 0 Å². The Bertz CT molecular complexity index is 384. The van der Waals surface area contributed by atoms with Crippen molar-refractivity contribution in [3.8, 4) is 0 Å². The standard InChI is InChI=1S/C19H39N5O.HI/c1-4-20-19(21-9-6-14-25-16-18-7-8-18)22-15-17(3)24-12-10-23(5-2)11-13-24;/h17-18H,4-16H2,1-3H3,(H2,20,21,22);1H. The number of nitrogens with one attached hydrogen (secondary N) is 2. The van der Waals surface area contributed by atoms with Crippen LogP contribution < -0.4 is 10.6 Å². The fourth-order valence-corrected chi connectivity index (χ4v) is 3.12. The number of hydrogen-bond donors (Lipinski definition) is 2. The number of aliphatic imine (C=N–C) groups is 1. The van der Waals surface area contributed by atoms with Gasteiger partial charge in [0.2, 0.25) is 0 Å². The summed E-state index contributed by atoms with van der Waals surface area (Å²) in [7, 11) is 0. The van der Waals surface area contributed by atoms with Crippen LogP contribution in [0.2, 0.25) is 0 Å². The fourth-order valence-electron chi connectivity index (χ4n) is 3.12. The van der Waals surface area contributed by atoms with E-state index in [1.807, 2.05) is 0 Å². The number of ether oxygens (including phenoxy) is 1. The smallest absolute Gasteiger partial charge is 0.191 e. The van der Waals surface area contributed by atoms with Gasteiger partial charge in [-0.3, -0.25) is 9.89 Å². The Labute approximate surface area is 177 Å². The third-order valence-electron chi connectivity index (χ3n) is 5.14. The molecule has 0 bridgehead atoms. The highest BCUT2D eigenvalue weighted by Gasteiger charge is 2.21. The number of halogens is 1. The van der Waals surface area contributed by atoms with Crippen molar-refractivity contribution in [2.75, 3.05) is 65.6 Å². The summed E-state index contributed by atoms with van der Waals surface area (Å²) in [5.74, 6) is 1.79. The average Bonchev–Trinajstić information content (AvgIpc) is 3.46. The first-order chi connectivity index (χ1) is 12.2. The first-order valence-electron chi connectivity index (χ1n) is 10.3. The topological polar surface area (TPSA) is 52.1 Å². The van der Waals surface area contributed by atoms with Crippen molar-refractivity contribution >= 4 is 29.9 Å². The maximum Gasteiger partial charge on any atom is 0.191 e. The second kappa shape index (κ2) is 14.0. The minimum Gasteiger partial charge on any atom is -0.381 e. The van der Waals surface area contributed by atoms with E-state index in [-0.39, 0.29) is 24.0 Å². The summed E-state index contributed by atoms with van der Waals surface area (Å²) < 4.78 is 5.68. The average molecular weight is 481 g/mol. The van der Waals surface area contributed by atoms with Crippen LogP contribution in [0.1, 0.15) is 40.0 Å². The highest BCUT2D eigenvalue weighted by Crippen LogP contribution is 2.28. The molecule has 1 aliphatic carbocycles. The van der Waals surface area contributed by atoms with Crippen molar-refractivity contribution in [3.63, 3.8) is 0 Å². The molecular formula is C19H40IN5O. The minimum atomic E-state index is 0. The van der Waals surface area contributed by atoms with E-state index in [2.05, 4.69) is 41.2 Å². The van der Waals surface area contributed by atoms with Crippen LogP contribution in [0.4, 0.5) is 0 Å². The van der Waals surface area contributed by atoms with Gasteiger partial charge in [0.15, 0.2) is 5.96 Å². The van der Waals surface area contributed by atoms with Crippen LogP contribution in [0.5, 0.6) is 0 Å². The Kier molecular flexibility index (Phi) is 12.8. The van der Waals surface area contributed by atoms with Crippen LogP contribution in [0, 0.1) is 5.92 Å². The van der Waals surface area contributed by atoms with Crippen molar-refractivity contribution < 1.29 is 4.74 Å². The lowest BCUT2D eigenvalue weighted by molar-refractivity contribution is 0.109. The Hall–Kier alpha value is -0.120. The number of rotatable bonds is 11. The van der Waals surface area contributed by atoms with Crippen LogP contribution in [-0.2, 0) is 4.74 Å². The predicted octanol–water partition coefficient (Wildman–Crippen LogP) is 2.00. The van der Waals surface area contributed by atoms with E-state index in [9.17, 15) is 0 Å². The highest BCUT2D eigenvalue weighted by molar-refractivity contribution is 14.0. The molecule has 1 unspecified atom stereocenters. The second-order valence-electron chi connectivity index (χ2n) is 7.34. The van der Waals surface area contributed by atoms with Gasteiger partial charge in [-0.1, -0.05) is 6.92 Å². The van der Waals surface area contributed by atoms with Crippen LogP contribution in [0.15, 0.2) is 4.99 Å². The summed E-state index contributed by atoms with van der Waals surface area (Å²) in [4.78, 5) is 9.86. The van der Waals surface area contributed by atoms with E-state index in [0.29, 0.717) is 6.04 Å². The monoisotopic (exact) mass is 481 g/mol. The van der Waals surface area contributed by atoms with E-state index in [0.717, 1.165) is 64.2 Å². The largest absolute Gasteiger partial charge is 0.381 e. The molecule has 154 valence electrons. The molecule has 1 saturated carbocycles. The SMILES string of the molecule is CCNC(=NCC(C)N1CCN(CC)CC1)NCCCOCC1CC1.I. The van der Waals surface area contributed by atoms with Crippen LogP contribution >= 0.6 is 24.0 Å². The summed E-state index contributed by atoms with van der Waals surface area (Å²) in [6.45, 7) is 17.0. The summed E-state index contributed by atoms with van der Waals surface area (Å²) in [6.07, 6.45) is 3.76. The van der Waals surface area contributed by atoms with E-state index in [1.54, 1.807) is 0 Å². The van der Waals surface area contributed by atoms with Gasteiger partial charge in [-0.05, 0) is 45.6 Å². The molecule has 0 radical (unpaired) electrons. The van der Waals surface area contributed by atoms with Crippen molar-refractivity contribution in [3.05, 3.63) is 0 Å². The molecule has 2 N–H and O–H groups in total. The molecule has 1 saturated heterocycles. The molecule has 6 nitrogen and oxygen atoms in total. The van der Waals surface area contributed by atoms with Gasteiger partial charge in [0, 0.05) is 58.5 Å². The number of nitrogens with zero attached hydrogens (tertiary/aromatic N) is 3. The molecule has 1 aliphatic heterocycles. The lowest BCUT2D eigenvalue weighted by Gasteiger charge is -2.37. The van der Waals surface area contributed by atoms with E-state index >= 15 is 0 Å². The molecule has 26 heavy (non-hydrogen) atoms. The number of likely N-dealkylation sites (N-methyl/N-ethyl adjacent to an activating group) is 1. The Morgan fingerprint density at radius 1 is 1.15 bits per heavy atom. The summed E-state index contributed by atoms with van der Waals surface area (Å²) in [6, 6.07) is 0.497. The van der Waals surface area contributed by atoms with Gasteiger partial charge in [0.05, 0.1) is 6.54 Å². The minimum absolute atomic E-state index is 0. The van der Waals surface area contributed by atoms with E-state index in [4.69, 9.17) is 9.73 Å². The van der Waals surface area contributed by atoms with Gasteiger partial charge in [0.1, 0.15) is 0 Å². The maximum atomic E-state index is 5.68. The molecular weight excluding hydrogens is 441 g/mol. The highest BCUT2D eigenvalue weighted by atomic mass is 127. The molecule has 0 spiro atoms. The molecule has 1 atom stereocenters. The Morgan fingerprint density at radius 3 is 2.50 bits per heavy atom. The van der Waals surface area contributed by atoms with Gasteiger partial charge in [-0.15, -0.1) is 24.0 Å². The van der Waals surface area contributed by atoms with Crippen molar-refractivity contribution in [2.24, 2.45) is 10.9 Å². The molecule has 0 aromatic heterocycles. The third kappa shape index (κ3) is 9.71. The molecule has 2 rings (SSSR count). The Balaban J connectivity index is 0.00000338. The molecule has 2 aliphatic rings. The maximum absolute atomic E-state index is 5.68. The summed E-state index contributed by atoms with van der Waals surface area (Å²) >= 11 is 0. The van der Waals surface area contributed by atoms with Crippen LogP contribution in [-0.4, -0.2) is 87.4 Å². The second-order valence-corrected chi connectivity index (χ2v) is 7.34. The zero-order chi connectivity index (χ0) is 17.9. The number of guanidine groups is 1. The van der Waals surface area contributed by atoms with Crippen molar-refractivity contribution in [1.82, 2.24) is 20.4 Å². The van der Waals surface area contributed by atoms with Crippen molar-refractivity contribution in [2.45, 2.75) is 46.1 Å². The zero-order valence-corrected chi connectivity index (χ0v) is 19.3. The lowest BCUT2D eigenvalue weighted by atomic mass is 10.2. The molecule has 0 amide bonds. The predicted molar refractivity (Wildman–Crippen MR) is 121 cm³/mol. The normalized spacial score (nSPS) is 20.5. The third-order valence-corrected chi connectivity index (χ3v) is 5.14. The van der Waals surface area contributed by atoms with Gasteiger partial charge in [0.25, 0.3) is 0 Å². The number of hydrogen-bond acceptors (Lipinski definition) is 4. The van der Waals surface area contributed by atoms with Crippen molar-refractivity contribution in [1.29, 1.82) is 0 Å². The van der Waals surface area contributed by atoms with Gasteiger partial charge >= 0.3 is 0 Å². The quantitative estimate of drug-likeness (QED) is 0.205. The van der Waals surface area contributed by atoms with Gasteiger partial charge < -0.3 is 20.3 Å². The van der Waals surface area contributed by atoms with Crippen LogP contribution in [0.25, 0.3) is 0 Å². The lowest BCUT2D eigenvalue weighted by Crippen LogP contribution is -2.50. The number of piperazine rings is 1. The fraction of sp³-hybridized carbons (Fsp3) is 0.947. The van der Waals surface area contributed by atoms with Gasteiger partial charge in [-0.25, -0.2) is 0 Å². The molecule has 7 heteroatoms. The molecule has 0 aromatic rings. The van der Waals surface area contributed by atoms with E-state index < -0.39 is 0 Å². The Morgan fingerprint density at radius 2 is 1.88 bits per heavy atom. The first kappa shape index (κ1) is 23.9. The molecule has 1 heterocycles. The summed E-state index contributed by atoms with van der Waals surface area (Å²) in [5, 5.41) is 6.78. The molecule has 2 fully saturated rings. The summed E-state index contributed by atoms with van der Waals surface area (Å²) in [5.41, 5.74) is 0. The van der Waals surface area contributed by atoms with Crippen LogP contribution in [0.3, 0.4) is 0 Å². The van der Waals surface area contributed by atoms with E-state index in [1.165, 1.54) is 32.5 Å². The zero-order valence-electron chi connectivity index (χ0n) is 17.0. The first-order valence-corrected chi connectivity index (χ1v) is 10.3.